The van der Waals surface area contributed by atoms with E-state index >= 15 is 0 Å². The molecule has 160 valence electrons. The number of fused-ring (bicyclic) bond motifs is 5. The second kappa shape index (κ2) is 7.33. The summed E-state index contributed by atoms with van der Waals surface area (Å²) >= 11 is 0. The smallest absolute Gasteiger partial charge is 0.308 e. The van der Waals surface area contributed by atoms with E-state index in [1.165, 1.54) is 5.57 Å². The average Bonchev–Trinajstić information content (AvgIpc) is 3.04. The van der Waals surface area contributed by atoms with Crippen LogP contribution < -0.4 is 0 Å². The van der Waals surface area contributed by atoms with Crippen LogP contribution in [-0.4, -0.2) is 28.9 Å². The number of rotatable bonds is 4. The topological polar surface area (TPSA) is 80.7 Å². The molecule has 0 aromatic carbocycles. The summed E-state index contributed by atoms with van der Waals surface area (Å²) in [4.78, 5) is 36.5. The van der Waals surface area contributed by atoms with Gasteiger partial charge in [0.2, 0.25) is 5.78 Å². The van der Waals surface area contributed by atoms with Gasteiger partial charge in [-0.2, -0.15) is 0 Å². The first-order valence-electron chi connectivity index (χ1n) is 11.4. The molecular weight excluding hydrogens is 368 g/mol. The summed E-state index contributed by atoms with van der Waals surface area (Å²) in [6.07, 6.45) is 7.91. The highest BCUT2D eigenvalue weighted by atomic mass is 16.6. The zero-order valence-electron chi connectivity index (χ0n) is 17.9. The van der Waals surface area contributed by atoms with Crippen LogP contribution in [0, 0.1) is 34.5 Å². The van der Waals surface area contributed by atoms with Crippen LogP contribution in [0.3, 0.4) is 0 Å². The van der Waals surface area contributed by atoms with Crippen LogP contribution in [0.15, 0.2) is 11.6 Å². The van der Waals surface area contributed by atoms with E-state index in [-0.39, 0.29) is 34.7 Å². The molecule has 0 aliphatic heterocycles. The molecule has 4 aliphatic carbocycles. The molecule has 3 saturated carbocycles. The van der Waals surface area contributed by atoms with Gasteiger partial charge in [-0.1, -0.05) is 26.3 Å². The molecule has 29 heavy (non-hydrogen) atoms. The van der Waals surface area contributed by atoms with Crippen molar-refractivity contribution in [3.8, 4) is 0 Å². The Labute approximate surface area is 173 Å². The summed E-state index contributed by atoms with van der Waals surface area (Å²) in [5.41, 5.74) is 1.34. The molecule has 0 aromatic heterocycles. The number of carbonyl (C=O) groups is 3. The molecule has 0 amide bonds. The highest BCUT2D eigenvalue weighted by Crippen LogP contribution is 2.66. The van der Waals surface area contributed by atoms with Crippen LogP contribution >= 0.6 is 0 Å². The lowest BCUT2D eigenvalue weighted by molar-refractivity contribution is -0.180. The Morgan fingerprint density at radius 2 is 1.90 bits per heavy atom. The number of esters is 1. The predicted molar refractivity (Wildman–Crippen MR) is 108 cm³/mol. The number of hydrogen-bond donors (Lipinski definition) is 1. The fraction of sp³-hybridized carbons (Fsp3) is 0.792. The minimum atomic E-state index is -1.64. The molecule has 0 bridgehead atoms. The van der Waals surface area contributed by atoms with Crippen molar-refractivity contribution in [2.45, 2.75) is 84.8 Å². The van der Waals surface area contributed by atoms with Crippen LogP contribution in [0.5, 0.6) is 0 Å². The molecular formula is C24H34O5. The van der Waals surface area contributed by atoms with Gasteiger partial charge < -0.3 is 9.84 Å². The summed E-state index contributed by atoms with van der Waals surface area (Å²) in [5.74, 6) is 0.772. The van der Waals surface area contributed by atoms with Crippen molar-refractivity contribution < 1.29 is 24.2 Å². The fourth-order valence-electron chi connectivity index (χ4n) is 7.46. The number of hydrogen-bond acceptors (Lipinski definition) is 5. The first-order valence-corrected chi connectivity index (χ1v) is 11.4. The molecule has 7 atom stereocenters. The lowest BCUT2D eigenvalue weighted by Crippen LogP contribution is -2.51. The van der Waals surface area contributed by atoms with E-state index in [4.69, 9.17) is 4.74 Å². The Balaban J connectivity index is 1.55. The van der Waals surface area contributed by atoms with Crippen molar-refractivity contribution >= 4 is 17.5 Å². The second-order valence-corrected chi connectivity index (χ2v) is 10.2. The molecule has 4 aliphatic rings. The Hall–Kier alpha value is -1.49. The summed E-state index contributed by atoms with van der Waals surface area (Å²) in [6, 6.07) is 0. The number of ketones is 2. The Bertz CT molecular complexity index is 754. The quantitative estimate of drug-likeness (QED) is 0.568. The first kappa shape index (κ1) is 20.8. The summed E-state index contributed by atoms with van der Waals surface area (Å²) in [6.45, 7) is 6.23. The number of aliphatic hydroxyl groups is 1. The second-order valence-electron chi connectivity index (χ2n) is 10.2. The summed E-state index contributed by atoms with van der Waals surface area (Å²) in [5, 5.41) is 10.2. The SMILES string of the molecule is CCC(=O)OC(O)C(=O)[C@H]1CC[C@H]2[C@@H]3CCC4=CC(=O)CC[C@]4(C)[C@H]3CC[C@]12C. The van der Waals surface area contributed by atoms with Gasteiger partial charge in [-0.05, 0) is 79.6 Å². The Morgan fingerprint density at radius 1 is 1.14 bits per heavy atom. The highest BCUT2D eigenvalue weighted by molar-refractivity contribution is 5.91. The number of Topliss-reactive ketones (excluding diaryl/α,β-unsaturated/α-hetero) is 1. The van der Waals surface area contributed by atoms with E-state index in [9.17, 15) is 19.5 Å². The van der Waals surface area contributed by atoms with E-state index in [0.717, 1.165) is 44.9 Å². The minimum absolute atomic E-state index is 0.121. The number of ether oxygens (including phenoxy) is 1. The maximum Gasteiger partial charge on any atom is 0.308 e. The van der Waals surface area contributed by atoms with Gasteiger partial charge in [0.1, 0.15) is 0 Å². The molecule has 5 nitrogen and oxygen atoms in total. The van der Waals surface area contributed by atoms with Gasteiger partial charge >= 0.3 is 5.97 Å². The molecule has 0 spiro atoms. The normalized spacial score (nSPS) is 42.2. The monoisotopic (exact) mass is 402 g/mol. The number of allylic oxidation sites excluding steroid dienone is 1. The van der Waals surface area contributed by atoms with Crippen molar-refractivity contribution in [2.24, 2.45) is 34.5 Å². The Morgan fingerprint density at radius 3 is 2.62 bits per heavy atom. The van der Waals surface area contributed by atoms with Gasteiger partial charge in [0.05, 0.1) is 0 Å². The highest BCUT2D eigenvalue weighted by Gasteiger charge is 2.60. The molecule has 0 radical (unpaired) electrons. The van der Waals surface area contributed by atoms with E-state index < -0.39 is 12.3 Å². The van der Waals surface area contributed by atoms with Gasteiger partial charge in [0, 0.05) is 18.8 Å². The van der Waals surface area contributed by atoms with Crippen LogP contribution in [0.25, 0.3) is 0 Å². The third kappa shape index (κ3) is 3.20. The van der Waals surface area contributed by atoms with E-state index in [1.807, 2.05) is 6.08 Å². The third-order valence-corrected chi connectivity index (χ3v) is 9.08. The van der Waals surface area contributed by atoms with E-state index in [2.05, 4.69) is 13.8 Å². The van der Waals surface area contributed by atoms with Crippen LogP contribution in [0.4, 0.5) is 0 Å². The van der Waals surface area contributed by atoms with Crippen molar-refractivity contribution in [3.63, 3.8) is 0 Å². The van der Waals surface area contributed by atoms with E-state index in [1.54, 1.807) is 6.92 Å². The van der Waals surface area contributed by atoms with Crippen molar-refractivity contribution in [1.82, 2.24) is 0 Å². The van der Waals surface area contributed by atoms with Crippen LogP contribution in [0.2, 0.25) is 0 Å². The zero-order chi connectivity index (χ0) is 21.0. The lowest BCUT2D eigenvalue weighted by atomic mass is 9.46. The third-order valence-electron chi connectivity index (χ3n) is 9.08. The average molecular weight is 403 g/mol. The van der Waals surface area contributed by atoms with Gasteiger partial charge in [-0.15, -0.1) is 0 Å². The molecule has 5 heteroatoms. The predicted octanol–water partition coefficient (Wildman–Crippen LogP) is 3.98. The number of carbonyl (C=O) groups excluding carboxylic acids is 3. The Kier molecular flexibility index (Phi) is 5.25. The molecule has 1 N–H and O–H groups in total. The lowest BCUT2D eigenvalue weighted by Gasteiger charge is -2.58. The van der Waals surface area contributed by atoms with Gasteiger partial charge in [0.15, 0.2) is 5.78 Å². The largest absolute Gasteiger partial charge is 0.428 e. The van der Waals surface area contributed by atoms with Gasteiger partial charge in [-0.3, -0.25) is 14.4 Å². The molecule has 3 fully saturated rings. The first-order chi connectivity index (χ1) is 13.7. The summed E-state index contributed by atoms with van der Waals surface area (Å²) < 4.78 is 4.93. The van der Waals surface area contributed by atoms with Crippen LogP contribution in [-0.2, 0) is 19.1 Å². The molecule has 1 unspecified atom stereocenters. The molecule has 4 rings (SSSR count). The van der Waals surface area contributed by atoms with Gasteiger partial charge in [-0.25, -0.2) is 0 Å². The van der Waals surface area contributed by atoms with Crippen molar-refractivity contribution in [2.75, 3.05) is 0 Å². The van der Waals surface area contributed by atoms with Crippen molar-refractivity contribution in [3.05, 3.63) is 11.6 Å². The molecule has 0 aromatic rings. The summed E-state index contributed by atoms with van der Waals surface area (Å²) in [7, 11) is 0. The maximum absolute atomic E-state index is 13.0. The maximum atomic E-state index is 13.0. The van der Waals surface area contributed by atoms with E-state index in [0.29, 0.717) is 24.2 Å². The van der Waals surface area contributed by atoms with Crippen LogP contribution in [0.1, 0.15) is 78.6 Å². The van der Waals surface area contributed by atoms with Gasteiger partial charge in [0.25, 0.3) is 6.29 Å². The fourth-order valence-corrected chi connectivity index (χ4v) is 7.46. The molecule has 0 saturated heterocycles. The molecule has 0 heterocycles. The zero-order valence-corrected chi connectivity index (χ0v) is 17.9. The standard InChI is InChI=1S/C24H34O5/c1-4-20(26)29-22(28)21(27)19-8-7-17-16-6-5-14-13-15(25)9-11-23(14,2)18(16)10-12-24(17,19)3/h13,16-19,22,28H,4-12H2,1-3H3/t16-,17-,18-,19+,22?,23-,24-/m0/s1. The number of aliphatic hydroxyl groups excluding tert-OH is 1. The minimum Gasteiger partial charge on any atom is -0.428 e. The van der Waals surface area contributed by atoms with Crippen molar-refractivity contribution in [1.29, 1.82) is 0 Å².